The lowest BCUT2D eigenvalue weighted by Gasteiger charge is -2.17. The Morgan fingerprint density at radius 2 is 1.95 bits per heavy atom. The Hall–Kier alpha value is -2.04. The fraction of sp³-hybridized carbons (Fsp3) is 0.429. The summed E-state index contributed by atoms with van der Waals surface area (Å²) in [5, 5.41) is 5.63. The summed E-state index contributed by atoms with van der Waals surface area (Å²) in [5.74, 6) is -0.0974. The monoisotopic (exact) mass is 261 g/mol. The molecule has 5 heteroatoms. The molecule has 0 radical (unpaired) electrons. The first-order valence-corrected chi connectivity index (χ1v) is 6.47. The molecule has 0 saturated heterocycles. The Labute approximate surface area is 113 Å². The molecule has 0 bridgehead atoms. The van der Waals surface area contributed by atoms with Crippen molar-refractivity contribution in [1.82, 2.24) is 15.5 Å². The second kappa shape index (κ2) is 6.22. The standard InChI is InChI=1S/C14H19N3O2/c1-17(10-13(18)16-12-7-8-12)14(19)15-9-11-5-3-2-4-6-11/h2-6,12H,7-10H2,1H3,(H,15,19)(H,16,18). The van der Waals surface area contributed by atoms with Gasteiger partial charge in [0, 0.05) is 19.6 Å². The molecule has 1 saturated carbocycles. The van der Waals surface area contributed by atoms with Gasteiger partial charge in [-0.05, 0) is 18.4 Å². The summed E-state index contributed by atoms with van der Waals surface area (Å²) in [6.45, 7) is 0.561. The van der Waals surface area contributed by atoms with E-state index >= 15 is 0 Å². The van der Waals surface area contributed by atoms with Crippen LogP contribution in [0.2, 0.25) is 0 Å². The highest BCUT2D eigenvalue weighted by atomic mass is 16.2. The van der Waals surface area contributed by atoms with Gasteiger partial charge in [0.25, 0.3) is 0 Å². The molecule has 1 aliphatic rings. The van der Waals surface area contributed by atoms with Crippen LogP contribution in [0, 0.1) is 0 Å². The van der Waals surface area contributed by atoms with Crippen LogP contribution in [0.1, 0.15) is 18.4 Å². The molecule has 1 aromatic rings. The van der Waals surface area contributed by atoms with Gasteiger partial charge in [-0.1, -0.05) is 30.3 Å². The summed E-state index contributed by atoms with van der Waals surface area (Å²) in [6.07, 6.45) is 2.10. The first kappa shape index (κ1) is 13.4. The maximum atomic E-state index is 11.8. The molecule has 0 spiro atoms. The number of nitrogens with zero attached hydrogens (tertiary/aromatic N) is 1. The molecular formula is C14H19N3O2. The van der Waals surface area contributed by atoms with Crippen LogP contribution in [0.15, 0.2) is 30.3 Å². The number of likely N-dealkylation sites (N-methyl/N-ethyl adjacent to an activating group) is 1. The number of benzene rings is 1. The molecule has 19 heavy (non-hydrogen) atoms. The zero-order chi connectivity index (χ0) is 13.7. The highest BCUT2D eigenvalue weighted by molar-refractivity contribution is 5.84. The van der Waals surface area contributed by atoms with Gasteiger partial charge >= 0.3 is 6.03 Å². The molecule has 102 valence electrons. The van der Waals surface area contributed by atoms with Crippen molar-refractivity contribution in [3.05, 3.63) is 35.9 Å². The van der Waals surface area contributed by atoms with E-state index in [9.17, 15) is 9.59 Å². The van der Waals surface area contributed by atoms with Crippen LogP contribution < -0.4 is 10.6 Å². The summed E-state index contributed by atoms with van der Waals surface area (Å²) in [5.41, 5.74) is 1.03. The molecule has 2 N–H and O–H groups in total. The Morgan fingerprint density at radius 1 is 1.26 bits per heavy atom. The third kappa shape index (κ3) is 4.62. The molecule has 1 aliphatic carbocycles. The van der Waals surface area contributed by atoms with Gasteiger partial charge in [-0.15, -0.1) is 0 Å². The molecule has 0 heterocycles. The fourth-order valence-electron chi connectivity index (χ4n) is 1.70. The number of carbonyl (C=O) groups excluding carboxylic acids is 2. The molecule has 0 aromatic heterocycles. The minimum Gasteiger partial charge on any atom is -0.352 e. The van der Waals surface area contributed by atoms with Gasteiger partial charge < -0.3 is 15.5 Å². The molecule has 0 atom stereocenters. The van der Waals surface area contributed by atoms with E-state index in [1.807, 2.05) is 30.3 Å². The number of amides is 3. The highest BCUT2D eigenvalue weighted by Gasteiger charge is 2.24. The van der Waals surface area contributed by atoms with E-state index in [0.717, 1.165) is 18.4 Å². The number of rotatable bonds is 5. The van der Waals surface area contributed by atoms with Crippen LogP contribution in [0.4, 0.5) is 4.79 Å². The second-order valence-electron chi connectivity index (χ2n) is 4.84. The SMILES string of the molecule is CN(CC(=O)NC1CC1)C(=O)NCc1ccccc1. The van der Waals surface area contributed by atoms with Crippen molar-refractivity contribution in [3.8, 4) is 0 Å². The number of nitrogens with one attached hydrogen (secondary N) is 2. The van der Waals surface area contributed by atoms with E-state index < -0.39 is 0 Å². The minimum absolute atomic E-state index is 0.0944. The maximum absolute atomic E-state index is 11.8. The van der Waals surface area contributed by atoms with Crippen LogP contribution >= 0.6 is 0 Å². The molecule has 0 aliphatic heterocycles. The zero-order valence-corrected chi connectivity index (χ0v) is 11.1. The molecule has 0 unspecified atom stereocenters. The van der Waals surface area contributed by atoms with Gasteiger partial charge in [0.1, 0.15) is 6.54 Å². The zero-order valence-electron chi connectivity index (χ0n) is 11.1. The van der Waals surface area contributed by atoms with Crippen molar-refractivity contribution in [2.45, 2.75) is 25.4 Å². The summed E-state index contributed by atoms with van der Waals surface area (Å²) in [7, 11) is 1.62. The van der Waals surface area contributed by atoms with Crippen molar-refractivity contribution in [2.24, 2.45) is 0 Å². The average molecular weight is 261 g/mol. The lowest BCUT2D eigenvalue weighted by molar-refractivity contribution is -0.121. The van der Waals surface area contributed by atoms with E-state index in [0.29, 0.717) is 12.6 Å². The predicted molar refractivity (Wildman–Crippen MR) is 72.5 cm³/mol. The van der Waals surface area contributed by atoms with Gasteiger partial charge in [0.15, 0.2) is 0 Å². The van der Waals surface area contributed by atoms with Crippen LogP contribution in [0.5, 0.6) is 0 Å². The number of hydrogen-bond donors (Lipinski definition) is 2. The molecule has 2 rings (SSSR count). The van der Waals surface area contributed by atoms with Gasteiger partial charge in [-0.3, -0.25) is 4.79 Å². The molecule has 3 amide bonds. The second-order valence-corrected chi connectivity index (χ2v) is 4.84. The van der Waals surface area contributed by atoms with E-state index in [4.69, 9.17) is 0 Å². The van der Waals surface area contributed by atoms with Crippen LogP contribution in [-0.2, 0) is 11.3 Å². The topological polar surface area (TPSA) is 61.4 Å². The van der Waals surface area contributed by atoms with Crippen LogP contribution in [-0.4, -0.2) is 36.5 Å². The molecule has 1 aromatic carbocycles. The van der Waals surface area contributed by atoms with Gasteiger partial charge in [-0.25, -0.2) is 4.79 Å². The molecule has 5 nitrogen and oxygen atoms in total. The van der Waals surface area contributed by atoms with E-state index in [1.54, 1.807) is 7.05 Å². The van der Waals surface area contributed by atoms with Gasteiger partial charge in [0.2, 0.25) is 5.91 Å². The normalized spacial score (nSPS) is 13.7. The molecule has 1 fully saturated rings. The quantitative estimate of drug-likeness (QED) is 0.834. The number of urea groups is 1. The number of hydrogen-bond acceptors (Lipinski definition) is 2. The largest absolute Gasteiger partial charge is 0.352 e. The maximum Gasteiger partial charge on any atom is 0.317 e. The van der Waals surface area contributed by atoms with E-state index in [2.05, 4.69) is 10.6 Å². The predicted octanol–water partition coefficient (Wildman–Crippen LogP) is 1.11. The fourth-order valence-corrected chi connectivity index (χ4v) is 1.70. The minimum atomic E-state index is -0.241. The van der Waals surface area contributed by atoms with E-state index in [-0.39, 0.29) is 18.5 Å². The first-order chi connectivity index (χ1) is 9.15. The Morgan fingerprint density at radius 3 is 2.58 bits per heavy atom. The lowest BCUT2D eigenvalue weighted by Crippen LogP contribution is -2.43. The summed E-state index contributed by atoms with van der Waals surface area (Å²) < 4.78 is 0. The van der Waals surface area contributed by atoms with Gasteiger partial charge in [0.05, 0.1) is 0 Å². The number of carbonyl (C=O) groups is 2. The smallest absolute Gasteiger partial charge is 0.317 e. The highest BCUT2D eigenvalue weighted by Crippen LogP contribution is 2.18. The van der Waals surface area contributed by atoms with Crippen molar-refractivity contribution >= 4 is 11.9 Å². The van der Waals surface area contributed by atoms with E-state index in [1.165, 1.54) is 4.90 Å². The van der Waals surface area contributed by atoms with Crippen molar-refractivity contribution in [1.29, 1.82) is 0 Å². The first-order valence-electron chi connectivity index (χ1n) is 6.47. The van der Waals surface area contributed by atoms with Crippen molar-refractivity contribution < 1.29 is 9.59 Å². The Bertz CT molecular complexity index is 443. The summed E-state index contributed by atoms with van der Waals surface area (Å²) >= 11 is 0. The summed E-state index contributed by atoms with van der Waals surface area (Å²) in [6, 6.07) is 9.76. The summed E-state index contributed by atoms with van der Waals surface area (Å²) in [4.78, 5) is 24.7. The lowest BCUT2D eigenvalue weighted by atomic mass is 10.2. The van der Waals surface area contributed by atoms with Crippen molar-refractivity contribution in [2.75, 3.05) is 13.6 Å². The third-order valence-corrected chi connectivity index (χ3v) is 2.96. The molecular weight excluding hydrogens is 242 g/mol. The Balaban J connectivity index is 1.71. The Kier molecular flexibility index (Phi) is 4.39. The average Bonchev–Trinajstić information content (AvgIpc) is 3.20. The van der Waals surface area contributed by atoms with Crippen LogP contribution in [0.3, 0.4) is 0 Å². The van der Waals surface area contributed by atoms with Crippen LogP contribution in [0.25, 0.3) is 0 Å². The van der Waals surface area contributed by atoms with Crippen molar-refractivity contribution in [3.63, 3.8) is 0 Å². The third-order valence-electron chi connectivity index (χ3n) is 2.96. The van der Waals surface area contributed by atoms with Gasteiger partial charge in [-0.2, -0.15) is 0 Å².